The molecule has 0 spiro atoms. The number of H-pyrrole nitrogens is 1. The van der Waals surface area contributed by atoms with Crippen LogP contribution in [0.2, 0.25) is 0 Å². The number of fused-ring (bicyclic) bond motifs is 1. The van der Waals surface area contributed by atoms with Crippen LogP contribution in [0.4, 0.5) is 0 Å². The monoisotopic (exact) mass is 258 g/mol. The van der Waals surface area contributed by atoms with Crippen molar-refractivity contribution in [3.8, 4) is 10.4 Å². The number of benzene rings is 1. The van der Waals surface area contributed by atoms with Gasteiger partial charge in [0.15, 0.2) is 0 Å². The van der Waals surface area contributed by atoms with E-state index in [1.165, 1.54) is 16.0 Å². The van der Waals surface area contributed by atoms with E-state index >= 15 is 0 Å². The molecule has 2 nitrogen and oxygen atoms in total. The van der Waals surface area contributed by atoms with Crippen LogP contribution in [0.15, 0.2) is 36.7 Å². The van der Waals surface area contributed by atoms with E-state index in [0.717, 1.165) is 14.9 Å². The van der Waals surface area contributed by atoms with Crippen molar-refractivity contribution >= 4 is 33.8 Å². The number of aromatic nitrogens is 2. The van der Waals surface area contributed by atoms with Gasteiger partial charge in [-0.2, -0.15) is 0 Å². The number of aromatic amines is 1. The van der Waals surface area contributed by atoms with E-state index in [1.54, 1.807) is 17.7 Å². The van der Waals surface area contributed by atoms with E-state index in [-0.39, 0.29) is 0 Å². The maximum absolute atomic E-state index is 5.32. The van der Waals surface area contributed by atoms with E-state index in [0.29, 0.717) is 0 Å². The number of aryl methyl sites for hydroxylation is 1. The van der Waals surface area contributed by atoms with Gasteiger partial charge in [0.2, 0.25) is 0 Å². The Morgan fingerprint density at radius 2 is 2.00 bits per heavy atom. The van der Waals surface area contributed by atoms with Crippen LogP contribution in [0.5, 0.6) is 0 Å². The second kappa shape index (κ2) is 4.05. The normalized spacial score (nSPS) is 10.9. The highest BCUT2D eigenvalue weighted by atomic mass is 32.1. The summed E-state index contributed by atoms with van der Waals surface area (Å²) in [6.45, 7) is 2.10. The molecule has 0 unspecified atom stereocenters. The van der Waals surface area contributed by atoms with Gasteiger partial charge in [0, 0.05) is 10.3 Å². The highest BCUT2D eigenvalue weighted by Gasteiger charge is 2.11. The Balaban J connectivity index is 2.37. The molecule has 1 aromatic carbocycles. The topological polar surface area (TPSA) is 28.7 Å². The molecule has 0 amide bonds. The van der Waals surface area contributed by atoms with Crippen LogP contribution in [0.3, 0.4) is 0 Å². The Labute approximate surface area is 108 Å². The van der Waals surface area contributed by atoms with E-state index in [4.69, 9.17) is 12.2 Å². The molecule has 0 saturated carbocycles. The summed E-state index contributed by atoms with van der Waals surface area (Å²) in [5.74, 6) is 0. The Kier molecular flexibility index (Phi) is 2.53. The van der Waals surface area contributed by atoms with Crippen molar-refractivity contribution in [2.75, 3.05) is 0 Å². The van der Waals surface area contributed by atoms with Crippen LogP contribution in [0.25, 0.3) is 20.7 Å². The van der Waals surface area contributed by atoms with Gasteiger partial charge in [-0.05, 0) is 18.1 Å². The molecule has 0 atom stereocenters. The average Bonchev–Trinajstić information content (AvgIpc) is 2.69. The van der Waals surface area contributed by atoms with E-state index in [2.05, 4.69) is 29.0 Å². The molecular formula is C13H10N2S2. The standard InChI is InChI=1S/C13H10N2S2/c1-8-10-12(16)14-7-15-13(10)17-11(8)9-5-3-2-4-6-9/h2-7H,1H3,(H,14,15,16). The van der Waals surface area contributed by atoms with Crippen molar-refractivity contribution in [2.45, 2.75) is 6.92 Å². The molecule has 0 aliphatic carbocycles. The van der Waals surface area contributed by atoms with E-state index < -0.39 is 0 Å². The first-order valence-electron chi connectivity index (χ1n) is 5.29. The quantitative estimate of drug-likeness (QED) is 0.658. The zero-order valence-corrected chi connectivity index (χ0v) is 10.9. The maximum atomic E-state index is 5.32. The average molecular weight is 258 g/mol. The number of nitrogens with one attached hydrogen (secondary N) is 1. The lowest BCUT2D eigenvalue weighted by atomic mass is 10.1. The fraction of sp³-hybridized carbons (Fsp3) is 0.0769. The van der Waals surface area contributed by atoms with Crippen molar-refractivity contribution in [3.05, 3.63) is 46.9 Å². The smallest absolute Gasteiger partial charge is 0.128 e. The van der Waals surface area contributed by atoms with Gasteiger partial charge in [-0.3, -0.25) is 0 Å². The van der Waals surface area contributed by atoms with Crippen molar-refractivity contribution < 1.29 is 0 Å². The number of thiophene rings is 1. The first-order chi connectivity index (χ1) is 8.27. The maximum Gasteiger partial charge on any atom is 0.128 e. The second-order valence-electron chi connectivity index (χ2n) is 3.83. The van der Waals surface area contributed by atoms with Gasteiger partial charge < -0.3 is 4.98 Å². The number of hydrogen-bond acceptors (Lipinski definition) is 3. The summed E-state index contributed by atoms with van der Waals surface area (Å²) in [5, 5.41) is 1.08. The van der Waals surface area contributed by atoms with E-state index in [1.807, 2.05) is 18.2 Å². The molecule has 4 heteroatoms. The summed E-state index contributed by atoms with van der Waals surface area (Å²) in [5.41, 5.74) is 2.44. The van der Waals surface area contributed by atoms with Crippen LogP contribution in [0.1, 0.15) is 5.56 Å². The Morgan fingerprint density at radius 3 is 2.71 bits per heavy atom. The van der Waals surface area contributed by atoms with Gasteiger partial charge in [0.05, 0.1) is 6.33 Å². The summed E-state index contributed by atoms with van der Waals surface area (Å²) in [6, 6.07) is 10.4. The van der Waals surface area contributed by atoms with Crippen molar-refractivity contribution in [2.24, 2.45) is 0 Å². The van der Waals surface area contributed by atoms with Crippen molar-refractivity contribution in [1.29, 1.82) is 0 Å². The van der Waals surface area contributed by atoms with Gasteiger partial charge in [-0.25, -0.2) is 4.98 Å². The second-order valence-corrected chi connectivity index (χ2v) is 5.24. The third-order valence-corrected chi connectivity index (χ3v) is 4.34. The third-order valence-electron chi connectivity index (χ3n) is 2.77. The van der Waals surface area contributed by atoms with Crippen molar-refractivity contribution in [3.63, 3.8) is 0 Å². The molecule has 0 bridgehead atoms. The minimum Gasteiger partial charge on any atom is -0.337 e. The van der Waals surface area contributed by atoms with Gasteiger partial charge in [-0.15, -0.1) is 11.3 Å². The first-order valence-corrected chi connectivity index (χ1v) is 6.52. The lowest BCUT2D eigenvalue weighted by molar-refractivity contribution is 1.21. The zero-order chi connectivity index (χ0) is 11.8. The molecule has 0 aliphatic rings. The molecule has 0 radical (unpaired) electrons. The predicted molar refractivity (Wildman–Crippen MR) is 75.0 cm³/mol. The van der Waals surface area contributed by atoms with Crippen LogP contribution in [-0.4, -0.2) is 9.97 Å². The molecule has 3 rings (SSSR count). The summed E-state index contributed by atoms with van der Waals surface area (Å²) in [7, 11) is 0. The van der Waals surface area contributed by atoms with Gasteiger partial charge in [-0.1, -0.05) is 42.5 Å². The fourth-order valence-corrected chi connectivity index (χ4v) is 3.48. The van der Waals surface area contributed by atoms with Crippen LogP contribution < -0.4 is 0 Å². The van der Waals surface area contributed by atoms with E-state index in [9.17, 15) is 0 Å². The molecule has 0 saturated heterocycles. The molecule has 3 aromatic rings. The third kappa shape index (κ3) is 1.69. The molecule has 1 N–H and O–H groups in total. The molecule has 84 valence electrons. The number of rotatable bonds is 1. The van der Waals surface area contributed by atoms with Gasteiger partial charge >= 0.3 is 0 Å². The Morgan fingerprint density at radius 1 is 1.24 bits per heavy atom. The minimum atomic E-state index is 0.769. The Hall–Kier alpha value is -1.52. The van der Waals surface area contributed by atoms with Gasteiger partial charge in [0.1, 0.15) is 9.47 Å². The summed E-state index contributed by atoms with van der Waals surface area (Å²) >= 11 is 7.01. The Bertz CT molecular complexity index is 726. The van der Waals surface area contributed by atoms with Crippen molar-refractivity contribution in [1.82, 2.24) is 9.97 Å². The lowest BCUT2D eigenvalue weighted by Crippen LogP contribution is -1.80. The van der Waals surface area contributed by atoms with Gasteiger partial charge in [0.25, 0.3) is 0 Å². The molecule has 17 heavy (non-hydrogen) atoms. The first kappa shape index (κ1) is 10.6. The lowest BCUT2D eigenvalue weighted by Gasteiger charge is -1.98. The summed E-state index contributed by atoms with van der Waals surface area (Å²) in [6.07, 6.45) is 1.66. The highest BCUT2D eigenvalue weighted by Crippen LogP contribution is 2.36. The summed E-state index contributed by atoms with van der Waals surface area (Å²) < 4.78 is 0.769. The van der Waals surface area contributed by atoms with Crippen LogP contribution in [-0.2, 0) is 0 Å². The zero-order valence-electron chi connectivity index (χ0n) is 9.23. The molecular weight excluding hydrogens is 248 g/mol. The minimum absolute atomic E-state index is 0.769. The molecule has 2 aromatic heterocycles. The number of nitrogens with zero attached hydrogens (tertiary/aromatic N) is 1. The molecule has 2 heterocycles. The summed E-state index contributed by atoms with van der Waals surface area (Å²) in [4.78, 5) is 9.59. The SMILES string of the molecule is Cc1c(-c2ccccc2)sc2nc[nH]c(=S)c12. The highest BCUT2D eigenvalue weighted by molar-refractivity contribution is 7.71. The fourth-order valence-electron chi connectivity index (χ4n) is 1.94. The number of hydrogen-bond donors (Lipinski definition) is 1. The molecule has 0 fully saturated rings. The predicted octanol–water partition coefficient (Wildman–Crippen LogP) is 4.33. The molecule has 0 aliphatic heterocycles. The van der Waals surface area contributed by atoms with Crippen LogP contribution >= 0.6 is 23.6 Å². The largest absolute Gasteiger partial charge is 0.337 e. The van der Waals surface area contributed by atoms with Crippen LogP contribution in [0, 0.1) is 11.6 Å².